The predicted octanol–water partition coefficient (Wildman–Crippen LogP) is -11.9. The first-order valence-corrected chi connectivity index (χ1v) is 17.6. The number of hydrogen-bond acceptors (Lipinski definition) is 26. The second-order valence-corrected chi connectivity index (χ2v) is 14.0. The zero-order valence-electron chi connectivity index (χ0n) is 29.3. The minimum atomic E-state index is -2.47. The van der Waals surface area contributed by atoms with Crippen molar-refractivity contribution < 1.29 is 129 Å². The third kappa shape index (κ3) is 8.73. The summed E-state index contributed by atoms with van der Waals surface area (Å²) < 4.78 is 49.3. The maximum absolute atomic E-state index is 11.1. The van der Waals surface area contributed by atoms with Crippen LogP contribution in [0.2, 0.25) is 0 Å². The molecule has 0 bridgehead atoms. The predicted molar refractivity (Wildman–Crippen MR) is 167 cm³/mol. The Morgan fingerprint density at radius 2 is 0.696 bits per heavy atom. The summed E-state index contributed by atoms with van der Waals surface area (Å²) in [7, 11) is 0. The Bertz CT molecular complexity index is 1220. The van der Waals surface area contributed by atoms with Gasteiger partial charge in [-0.15, -0.1) is 0 Å². The van der Waals surface area contributed by atoms with Crippen LogP contribution in [0, 0.1) is 0 Å². The van der Waals surface area contributed by atoms with E-state index >= 15 is 0 Å². The summed E-state index contributed by atoms with van der Waals surface area (Å²) in [5.41, 5.74) is 0. The van der Waals surface area contributed by atoms with Crippen molar-refractivity contribution in [3.8, 4) is 0 Å². The van der Waals surface area contributed by atoms with Crippen molar-refractivity contribution in [2.75, 3.05) is 39.6 Å². The highest BCUT2D eigenvalue weighted by molar-refractivity contribution is 5.00. The fourth-order valence-corrected chi connectivity index (χ4v) is 7.10. The van der Waals surface area contributed by atoms with Crippen LogP contribution in [-0.2, 0) is 42.6 Å². The van der Waals surface area contributed by atoms with Gasteiger partial charge in [0.05, 0.1) is 33.0 Å². The molecule has 0 amide bonds. The van der Waals surface area contributed by atoms with Gasteiger partial charge in [0.1, 0.15) is 123 Å². The molecule has 0 aromatic heterocycles. The molecule has 24 atom stereocenters. The lowest BCUT2D eigenvalue weighted by atomic mass is 9.95. The largest absolute Gasteiger partial charge is 0.394 e. The van der Waals surface area contributed by atoms with E-state index in [0.717, 1.165) is 0 Å². The summed E-state index contributed by atoms with van der Waals surface area (Å²) in [6, 6.07) is 0. The molecule has 0 aromatic rings. The van der Waals surface area contributed by atoms with E-state index in [9.17, 15) is 86.8 Å². The van der Waals surface area contributed by atoms with Crippen molar-refractivity contribution in [3.05, 3.63) is 0 Å². The Morgan fingerprint density at radius 1 is 0.357 bits per heavy atom. The molecule has 26 heteroatoms. The molecule has 0 spiro atoms. The number of rotatable bonds is 14. The maximum atomic E-state index is 11.1. The van der Waals surface area contributed by atoms with Crippen molar-refractivity contribution in [2.24, 2.45) is 0 Å². The summed E-state index contributed by atoms with van der Waals surface area (Å²) in [5.74, 6) is -2.47. The molecule has 24 unspecified atom stereocenters. The van der Waals surface area contributed by atoms with Gasteiger partial charge >= 0.3 is 0 Å². The van der Waals surface area contributed by atoms with Crippen LogP contribution in [-0.4, -0.2) is 273 Å². The van der Waals surface area contributed by atoms with Gasteiger partial charge in [0.25, 0.3) is 0 Å². The van der Waals surface area contributed by atoms with Crippen molar-refractivity contribution >= 4 is 0 Å². The SMILES string of the molecule is OCC1OC(OC2C(CO)OC(OC3C(CO)OC(OC4C(CO)OC(OC5(CO)OC(CO)C(O)C5O)C(O)C4O)C(O)C3O)C(O)C2O)C(O)C(O)C1O. The lowest BCUT2D eigenvalue weighted by Crippen LogP contribution is -2.68. The number of ether oxygens (including phenoxy) is 9. The molecule has 5 saturated heterocycles. The van der Waals surface area contributed by atoms with Crippen LogP contribution in [0.4, 0.5) is 0 Å². The zero-order valence-corrected chi connectivity index (χ0v) is 29.3. The van der Waals surface area contributed by atoms with Gasteiger partial charge in [-0.25, -0.2) is 0 Å². The van der Waals surface area contributed by atoms with Crippen LogP contribution in [0.1, 0.15) is 0 Å². The molecule has 26 nitrogen and oxygen atoms in total. The van der Waals surface area contributed by atoms with Crippen LogP contribution >= 0.6 is 0 Å². The van der Waals surface area contributed by atoms with Gasteiger partial charge in [-0.1, -0.05) is 0 Å². The second kappa shape index (κ2) is 19.1. The van der Waals surface area contributed by atoms with Gasteiger partial charge in [-0.2, -0.15) is 0 Å². The van der Waals surface area contributed by atoms with Crippen LogP contribution in [0.3, 0.4) is 0 Å². The molecule has 5 aliphatic rings. The molecule has 0 saturated carbocycles. The molecule has 5 rings (SSSR count). The Hall–Kier alpha value is -1.04. The van der Waals surface area contributed by atoms with E-state index in [1.165, 1.54) is 0 Å². The Morgan fingerprint density at radius 3 is 1.05 bits per heavy atom. The minimum absolute atomic E-state index is 0.811. The molecule has 5 aliphatic heterocycles. The van der Waals surface area contributed by atoms with Gasteiger partial charge < -0.3 is 129 Å². The summed E-state index contributed by atoms with van der Waals surface area (Å²) in [5, 5.41) is 176. The highest BCUT2D eigenvalue weighted by Crippen LogP contribution is 2.38. The maximum Gasteiger partial charge on any atom is 0.224 e. The fourth-order valence-electron chi connectivity index (χ4n) is 7.10. The van der Waals surface area contributed by atoms with Gasteiger partial charge in [0.2, 0.25) is 5.79 Å². The molecule has 5 fully saturated rings. The highest BCUT2D eigenvalue weighted by atomic mass is 16.8. The van der Waals surface area contributed by atoms with E-state index in [1.54, 1.807) is 0 Å². The van der Waals surface area contributed by atoms with Crippen molar-refractivity contribution in [2.45, 2.75) is 147 Å². The summed E-state index contributed by atoms with van der Waals surface area (Å²) >= 11 is 0. The molecular weight excluding hydrogens is 776 g/mol. The standard InChI is InChI=1S/C30H52O26/c31-1-7-12(37)14(39)18(43)26(48-7)52-22-9(3-33)49-27(19(44)15(22)40)53-23-10(4-34)50-28(20(45)16(23)41)54-24-11(5-35)51-29(21(46)17(24)42)56-30(6-36)25(47)13(38)8(2-32)55-30/h7-29,31-47H,1-6H2. The third-order valence-corrected chi connectivity index (χ3v) is 10.4. The average molecular weight is 829 g/mol. The van der Waals surface area contributed by atoms with Crippen LogP contribution in [0.15, 0.2) is 0 Å². The topological polar surface area (TPSA) is 427 Å². The molecular formula is C30H52O26. The van der Waals surface area contributed by atoms with E-state index in [-0.39, 0.29) is 0 Å². The van der Waals surface area contributed by atoms with Crippen LogP contribution < -0.4 is 0 Å². The number of hydrogen-bond donors (Lipinski definition) is 17. The normalized spacial score (nSPS) is 53.0. The first kappa shape index (κ1) is 46.0. The molecule has 328 valence electrons. The molecule has 5 heterocycles. The van der Waals surface area contributed by atoms with Gasteiger partial charge in [-0.3, -0.25) is 0 Å². The zero-order chi connectivity index (χ0) is 41.4. The molecule has 56 heavy (non-hydrogen) atoms. The summed E-state index contributed by atoms with van der Waals surface area (Å²) in [6.45, 7) is -5.66. The van der Waals surface area contributed by atoms with Crippen molar-refractivity contribution in [1.29, 1.82) is 0 Å². The van der Waals surface area contributed by atoms with Gasteiger partial charge in [-0.05, 0) is 0 Å². The van der Waals surface area contributed by atoms with Gasteiger partial charge in [0, 0.05) is 0 Å². The summed E-state index contributed by atoms with van der Waals surface area (Å²) in [6.07, 6.45) is -42.5. The Kier molecular flexibility index (Phi) is 15.7. The van der Waals surface area contributed by atoms with E-state index < -0.39 is 187 Å². The lowest BCUT2D eigenvalue weighted by molar-refractivity contribution is -0.404. The molecule has 0 aromatic carbocycles. The first-order valence-electron chi connectivity index (χ1n) is 17.6. The number of aliphatic hydroxyl groups excluding tert-OH is 17. The molecule has 0 radical (unpaired) electrons. The quantitative estimate of drug-likeness (QED) is 0.0773. The monoisotopic (exact) mass is 828 g/mol. The Balaban J connectivity index is 1.23. The van der Waals surface area contributed by atoms with Crippen molar-refractivity contribution in [1.82, 2.24) is 0 Å². The molecule has 0 aliphatic carbocycles. The third-order valence-electron chi connectivity index (χ3n) is 10.4. The fraction of sp³-hybridized carbons (Fsp3) is 1.00. The number of aliphatic hydroxyl groups is 17. The lowest BCUT2D eigenvalue weighted by Gasteiger charge is -2.49. The van der Waals surface area contributed by atoms with Gasteiger partial charge in [0.15, 0.2) is 25.2 Å². The molecule has 17 N–H and O–H groups in total. The van der Waals surface area contributed by atoms with E-state index in [2.05, 4.69) is 0 Å². The Labute approximate surface area is 316 Å². The highest BCUT2D eigenvalue weighted by Gasteiger charge is 2.60. The average Bonchev–Trinajstić information content (AvgIpc) is 3.44. The van der Waals surface area contributed by atoms with Crippen LogP contribution in [0.5, 0.6) is 0 Å². The van der Waals surface area contributed by atoms with Crippen molar-refractivity contribution in [3.63, 3.8) is 0 Å². The summed E-state index contributed by atoms with van der Waals surface area (Å²) in [4.78, 5) is 0. The van der Waals surface area contributed by atoms with E-state index in [0.29, 0.717) is 0 Å². The van der Waals surface area contributed by atoms with E-state index in [4.69, 9.17) is 42.6 Å². The first-order chi connectivity index (χ1) is 26.5. The second-order valence-electron chi connectivity index (χ2n) is 14.0. The van der Waals surface area contributed by atoms with E-state index in [1.807, 2.05) is 0 Å². The smallest absolute Gasteiger partial charge is 0.224 e. The minimum Gasteiger partial charge on any atom is -0.394 e. The van der Waals surface area contributed by atoms with Crippen LogP contribution in [0.25, 0.3) is 0 Å².